The second-order valence-electron chi connectivity index (χ2n) is 7.32. The minimum absolute atomic E-state index is 0.123. The quantitative estimate of drug-likeness (QED) is 0.542. The fraction of sp³-hybridized carbons (Fsp3) is 0.409. The van der Waals surface area contributed by atoms with E-state index in [9.17, 15) is 17.6 Å². The van der Waals surface area contributed by atoms with Gasteiger partial charge in [-0.3, -0.25) is 4.79 Å². The van der Waals surface area contributed by atoms with Crippen LogP contribution in [-0.2, 0) is 14.8 Å². The Hall–Kier alpha value is -2.65. The molecule has 1 atom stereocenters. The molecule has 0 saturated heterocycles. The average Bonchev–Trinajstić information content (AvgIpc) is 2.76. The van der Waals surface area contributed by atoms with Gasteiger partial charge < -0.3 is 14.8 Å². The third-order valence-corrected chi connectivity index (χ3v) is 6.40. The molecule has 2 N–H and O–H groups in total. The second kappa shape index (κ2) is 10.6. The van der Waals surface area contributed by atoms with E-state index in [4.69, 9.17) is 9.47 Å². The van der Waals surface area contributed by atoms with Gasteiger partial charge in [0.2, 0.25) is 15.9 Å². The van der Waals surface area contributed by atoms with Gasteiger partial charge in [0.15, 0.2) is 11.5 Å². The van der Waals surface area contributed by atoms with Crippen LogP contribution in [0.2, 0.25) is 0 Å². The Bertz CT molecular complexity index is 1010. The highest BCUT2D eigenvalue weighted by Gasteiger charge is 2.19. The van der Waals surface area contributed by atoms with Crippen LogP contribution in [0.15, 0.2) is 47.4 Å². The summed E-state index contributed by atoms with van der Waals surface area (Å²) < 4.78 is 52.0. The summed E-state index contributed by atoms with van der Waals surface area (Å²) in [4.78, 5) is 12.2. The summed E-state index contributed by atoms with van der Waals surface area (Å²) in [5.74, 6) is 0.450. The molecule has 0 aromatic heterocycles. The van der Waals surface area contributed by atoms with E-state index < -0.39 is 16.1 Å². The standard InChI is InChI=1S/C22H27FN2O5S/c1-16(18-7-4-5-8-19(18)23)25-22(26)9-3-2-6-12-24-31(27,28)17-10-11-20-21(15-17)30-14-13-29-20/h4-5,7-8,10-11,15-16,24H,2-3,6,9,12-14H2,1H3,(H,25,26). The van der Waals surface area contributed by atoms with Gasteiger partial charge in [-0.05, 0) is 38.0 Å². The molecule has 31 heavy (non-hydrogen) atoms. The molecule has 0 spiro atoms. The van der Waals surface area contributed by atoms with E-state index in [1.165, 1.54) is 18.2 Å². The summed E-state index contributed by atoms with van der Waals surface area (Å²) in [6.45, 7) is 2.83. The molecule has 0 bridgehead atoms. The van der Waals surface area contributed by atoms with Gasteiger partial charge in [0.1, 0.15) is 19.0 Å². The Balaban J connectivity index is 1.36. The van der Waals surface area contributed by atoms with Gasteiger partial charge in [-0.25, -0.2) is 17.5 Å². The molecular formula is C22H27FN2O5S. The first-order chi connectivity index (χ1) is 14.9. The Labute approximate surface area is 182 Å². The van der Waals surface area contributed by atoms with Crippen molar-refractivity contribution in [2.24, 2.45) is 0 Å². The summed E-state index contributed by atoms with van der Waals surface area (Å²) in [7, 11) is -3.65. The minimum Gasteiger partial charge on any atom is -0.486 e. The maximum Gasteiger partial charge on any atom is 0.240 e. The van der Waals surface area contributed by atoms with Crippen molar-refractivity contribution in [3.05, 3.63) is 53.8 Å². The van der Waals surface area contributed by atoms with E-state index in [0.717, 1.165) is 0 Å². The number of sulfonamides is 1. The summed E-state index contributed by atoms with van der Waals surface area (Å²) in [5.41, 5.74) is 0.449. The molecule has 3 rings (SSSR count). The zero-order valence-electron chi connectivity index (χ0n) is 17.4. The number of amides is 1. The number of benzene rings is 2. The molecule has 0 saturated carbocycles. The van der Waals surface area contributed by atoms with Crippen LogP contribution in [-0.4, -0.2) is 34.1 Å². The monoisotopic (exact) mass is 450 g/mol. The van der Waals surface area contributed by atoms with Crippen molar-refractivity contribution < 1.29 is 27.1 Å². The lowest BCUT2D eigenvalue weighted by atomic mass is 10.1. The molecule has 1 heterocycles. The molecule has 2 aromatic carbocycles. The summed E-state index contributed by atoms with van der Waals surface area (Å²) in [6.07, 6.45) is 2.19. The molecule has 1 aliphatic rings. The third-order valence-electron chi connectivity index (χ3n) is 4.95. The van der Waals surface area contributed by atoms with E-state index in [0.29, 0.717) is 56.0 Å². The number of carbonyl (C=O) groups excluding carboxylic acids is 1. The Morgan fingerprint density at radius 3 is 2.58 bits per heavy atom. The van der Waals surface area contributed by atoms with Gasteiger partial charge in [0.05, 0.1) is 10.9 Å². The lowest BCUT2D eigenvalue weighted by Crippen LogP contribution is -2.27. The minimum atomic E-state index is -3.65. The number of hydrogen-bond donors (Lipinski definition) is 2. The summed E-state index contributed by atoms with van der Waals surface area (Å²) >= 11 is 0. The molecule has 168 valence electrons. The molecule has 2 aromatic rings. The zero-order chi connectivity index (χ0) is 22.3. The molecule has 0 fully saturated rings. The Morgan fingerprint density at radius 2 is 1.81 bits per heavy atom. The Morgan fingerprint density at radius 1 is 1.06 bits per heavy atom. The largest absolute Gasteiger partial charge is 0.486 e. The number of hydrogen-bond acceptors (Lipinski definition) is 5. The van der Waals surface area contributed by atoms with Crippen molar-refractivity contribution in [3.8, 4) is 11.5 Å². The van der Waals surface area contributed by atoms with Crippen molar-refractivity contribution in [2.75, 3.05) is 19.8 Å². The van der Waals surface area contributed by atoms with E-state index in [-0.39, 0.29) is 23.2 Å². The van der Waals surface area contributed by atoms with Crippen LogP contribution in [0.25, 0.3) is 0 Å². The lowest BCUT2D eigenvalue weighted by molar-refractivity contribution is -0.121. The number of ether oxygens (including phenoxy) is 2. The third kappa shape index (κ3) is 6.41. The molecule has 1 aliphatic heterocycles. The first-order valence-corrected chi connectivity index (χ1v) is 11.8. The van der Waals surface area contributed by atoms with Crippen molar-refractivity contribution in [1.82, 2.24) is 10.0 Å². The van der Waals surface area contributed by atoms with Crippen LogP contribution in [0.5, 0.6) is 11.5 Å². The van der Waals surface area contributed by atoms with Gasteiger partial charge in [0, 0.05) is 24.6 Å². The molecule has 7 nitrogen and oxygen atoms in total. The van der Waals surface area contributed by atoms with E-state index in [2.05, 4.69) is 10.0 Å². The van der Waals surface area contributed by atoms with Crippen molar-refractivity contribution >= 4 is 15.9 Å². The fourth-order valence-electron chi connectivity index (χ4n) is 3.29. The van der Waals surface area contributed by atoms with Crippen LogP contribution < -0.4 is 19.5 Å². The molecule has 1 amide bonds. The number of unbranched alkanes of at least 4 members (excludes halogenated alkanes) is 2. The van der Waals surface area contributed by atoms with Crippen LogP contribution in [0.4, 0.5) is 4.39 Å². The molecule has 0 aliphatic carbocycles. The molecule has 1 unspecified atom stereocenters. The zero-order valence-corrected chi connectivity index (χ0v) is 18.2. The smallest absolute Gasteiger partial charge is 0.240 e. The number of carbonyl (C=O) groups is 1. The van der Waals surface area contributed by atoms with Crippen molar-refractivity contribution in [1.29, 1.82) is 0 Å². The lowest BCUT2D eigenvalue weighted by Gasteiger charge is -2.18. The number of fused-ring (bicyclic) bond motifs is 1. The van der Waals surface area contributed by atoms with Crippen molar-refractivity contribution in [3.63, 3.8) is 0 Å². The molecule has 0 radical (unpaired) electrons. The van der Waals surface area contributed by atoms with E-state index in [1.807, 2.05) is 0 Å². The highest BCUT2D eigenvalue weighted by Crippen LogP contribution is 2.32. The predicted molar refractivity (Wildman–Crippen MR) is 114 cm³/mol. The molecular weight excluding hydrogens is 423 g/mol. The van der Waals surface area contributed by atoms with Gasteiger partial charge in [0.25, 0.3) is 0 Å². The Kier molecular flexibility index (Phi) is 7.86. The first kappa shape index (κ1) is 23.0. The van der Waals surface area contributed by atoms with Crippen LogP contribution >= 0.6 is 0 Å². The van der Waals surface area contributed by atoms with Crippen LogP contribution in [0, 0.1) is 5.82 Å². The van der Waals surface area contributed by atoms with Gasteiger partial charge >= 0.3 is 0 Å². The van der Waals surface area contributed by atoms with Crippen molar-refractivity contribution in [2.45, 2.75) is 43.5 Å². The highest BCUT2D eigenvalue weighted by atomic mass is 32.2. The molecule has 9 heteroatoms. The van der Waals surface area contributed by atoms with Gasteiger partial charge in [-0.15, -0.1) is 0 Å². The van der Waals surface area contributed by atoms with E-state index >= 15 is 0 Å². The highest BCUT2D eigenvalue weighted by molar-refractivity contribution is 7.89. The van der Waals surface area contributed by atoms with Crippen LogP contribution in [0.1, 0.15) is 44.2 Å². The number of rotatable bonds is 10. The SMILES string of the molecule is CC(NC(=O)CCCCCNS(=O)(=O)c1ccc2c(c1)OCCO2)c1ccccc1F. The fourth-order valence-corrected chi connectivity index (χ4v) is 4.37. The topological polar surface area (TPSA) is 93.7 Å². The average molecular weight is 451 g/mol. The number of nitrogens with one attached hydrogen (secondary N) is 2. The summed E-state index contributed by atoms with van der Waals surface area (Å²) in [6, 6.07) is 10.5. The van der Waals surface area contributed by atoms with Gasteiger partial charge in [-0.2, -0.15) is 0 Å². The number of halogens is 1. The normalized spacial score (nSPS) is 14.1. The summed E-state index contributed by atoms with van der Waals surface area (Å²) in [5, 5.41) is 2.79. The van der Waals surface area contributed by atoms with E-state index in [1.54, 1.807) is 31.2 Å². The maximum atomic E-state index is 13.8. The first-order valence-electron chi connectivity index (χ1n) is 10.3. The van der Waals surface area contributed by atoms with Gasteiger partial charge in [-0.1, -0.05) is 24.6 Å². The maximum absolute atomic E-state index is 13.8. The van der Waals surface area contributed by atoms with Crippen LogP contribution in [0.3, 0.4) is 0 Å². The second-order valence-corrected chi connectivity index (χ2v) is 9.09. The predicted octanol–water partition coefficient (Wildman–Crippen LogP) is 3.31.